The molecule has 1 aromatic carbocycles. The second-order valence-electron chi connectivity index (χ2n) is 5.37. The molecule has 0 radical (unpaired) electrons. The van der Waals surface area contributed by atoms with Gasteiger partial charge in [0.2, 0.25) is 0 Å². The SMILES string of the molecule is C[C@@H](Cc1ccc(F)cc1)N1CCC[C@H](CO)C1. The Balaban J connectivity index is 1.90. The molecule has 1 saturated heterocycles. The number of aliphatic hydroxyl groups excluding tert-OH is 1. The number of aliphatic hydroxyl groups is 1. The van der Waals surface area contributed by atoms with Gasteiger partial charge in [-0.25, -0.2) is 4.39 Å². The van der Waals surface area contributed by atoms with E-state index in [9.17, 15) is 9.50 Å². The minimum absolute atomic E-state index is 0.176. The van der Waals surface area contributed by atoms with E-state index in [0.717, 1.165) is 25.9 Å². The number of halogens is 1. The van der Waals surface area contributed by atoms with Crippen molar-refractivity contribution in [1.29, 1.82) is 0 Å². The van der Waals surface area contributed by atoms with E-state index in [4.69, 9.17) is 0 Å². The highest BCUT2D eigenvalue weighted by Gasteiger charge is 2.22. The molecule has 1 aliphatic rings. The number of piperidine rings is 1. The Bertz CT molecular complexity index is 365. The van der Waals surface area contributed by atoms with Gasteiger partial charge in [0.25, 0.3) is 0 Å². The molecule has 0 unspecified atom stereocenters. The molecule has 100 valence electrons. The summed E-state index contributed by atoms with van der Waals surface area (Å²) in [6.07, 6.45) is 3.24. The van der Waals surface area contributed by atoms with E-state index in [1.165, 1.54) is 24.1 Å². The monoisotopic (exact) mass is 251 g/mol. The fourth-order valence-electron chi connectivity index (χ4n) is 2.74. The first kappa shape index (κ1) is 13.5. The highest BCUT2D eigenvalue weighted by Crippen LogP contribution is 2.19. The first-order valence-corrected chi connectivity index (χ1v) is 6.78. The van der Waals surface area contributed by atoms with Crippen molar-refractivity contribution in [3.05, 3.63) is 35.6 Å². The van der Waals surface area contributed by atoms with Crippen molar-refractivity contribution in [2.24, 2.45) is 5.92 Å². The van der Waals surface area contributed by atoms with Crippen LogP contribution >= 0.6 is 0 Å². The van der Waals surface area contributed by atoms with Crippen molar-refractivity contribution in [2.75, 3.05) is 19.7 Å². The van der Waals surface area contributed by atoms with E-state index in [0.29, 0.717) is 18.6 Å². The zero-order valence-electron chi connectivity index (χ0n) is 11.0. The van der Waals surface area contributed by atoms with E-state index in [1.807, 2.05) is 12.1 Å². The van der Waals surface area contributed by atoms with Gasteiger partial charge in [0.15, 0.2) is 0 Å². The zero-order chi connectivity index (χ0) is 13.0. The molecular formula is C15H22FNO. The summed E-state index contributed by atoms with van der Waals surface area (Å²) in [4.78, 5) is 2.44. The molecule has 2 nitrogen and oxygen atoms in total. The Labute approximate surface area is 108 Å². The van der Waals surface area contributed by atoms with Gasteiger partial charge in [0.1, 0.15) is 5.82 Å². The van der Waals surface area contributed by atoms with Crippen LogP contribution in [0.3, 0.4) is 0 Å². The Morgan fingerprint density at radius 3 is 2.78 bits per heavy atom. The number of benzene rings is 1. The Morgan fingerprint density at radius 1 is 1.39 bits per heavy atom. The highest BCUT2D eigenvalue weighted by atomic mass is 19.1. The lowest BCUT2D eigenvalue weighted by Crippen LogP contribution is -2.43. The van der Waals surface area contributed by atoms with Crippen LogP contribution in [-0.2, 0) is 6.42 Å². The molecule has 1 aromatic rings. The maximum atomic E-state index is 12.8. The van der Waals surface area contributed by atoms with E-state index in [-0.39, 0.29) is 5.82 Å². The van der Waals surface area contributed by atoms with Gasteiger partial charge >= 0.3 is 0 Å². The van der Waals surface area contributed by atoms with Crippen LogP contribution in [-0.4, -0.2) is 35.7 Å². The van der Waals surface area contributed by atoms with Crippen LogP contribution in [0.15, 0.2) is 24.3 Å². The molecule has 1 aliphatic heterocycles. The average Bonchev–Trinajstić information content (AvgIpc) is 2.41. The van der Waals surface area contributed by atoms with E-state index >= 15 is 0 Å². The van der Waals surface area contributed by atoms with Gasteiger partial charge in [-0.1, -0.05) is 12.1 Å². The van der Waals surface area contributed by atoms with E-state index < -0.39 is 0 Å². The van der Waals surface area contributed by atoms with Gasteiger partial charge in [-0.05, 0) is 56.3 Å². The first-order valence-electron chi connectivity index (χ1n) is 6.78. The maximum absolute atomic E-state index is 12.8. The summed E-state index contributed by atoms with van der Waals surface area (Å²) < 4.78 is 12.8. The smallest absolute Gasteiger partial charge is 0.123 e. The van der Waals surface area contributed by atoms with Crippen molar-refractivity contribution in [3.63, 3.8) is 0 Å². The van der Waals surface area contributed by atoms with E-state index in [1.54, 1.807) is 0 Å². The van der Waals surface area contributed by atoms with Crippen LogP contribution in [0.4, 0.5) is 4.39 Å². The third-order valence-corrected chi connectivity index (χ3v) is 3.88. The highest BCUT2D eigenvalue weighted by molar-refractivity contribution is 5.17. The zero-order valence-corrected chi connectivity index (χ0v) is 11.0. The molecule has 1 fully saturated rings. The summed E-state index contributed by atoms with van der Waals surface area (Å²) in [6.45, 7) is 4.60. The molecule has 0 aliphatic carbocycles. The fourth-order valence-corrected chi connectivity index (χ4v) is 2.74. The second kappa shape index (κ2) is 6.30. The molecule has 18 heavy (non-hydrogen) atoms. The van der Waals surface area contributed by atoms with Gasteiger partial charge in [-0.3, -0.25) is 4.90 Å². The van der Waals surface area contributed by atoms with Gasteiger partial charge in [0.05, 0.1) is 0 Å². The van der Waals surface area contributed by atoms with Crippen molar-refractivity contribution in [2.45, 2.75) is 32.2 Å². The first-order chi connectivity index (χ1) is 8.69. The van der Waals surface area contributed by atoms with Crippen LogP contribution < -0.4 is 0 Å². The maximum Gasteiger partial charge on any atom is 0.123 e. The molecule has 0 aromatic heterocycles. The van der Waals surface area contributed by atoms with Crippen LogP contribution in [0, 0.1) is 11.7 Å². The summed E-state index contributed by atoms with van der Waals surface area (Å²) in [5, 5.41) is 9.24. The lowest BCUT2D eigenvalue weighted by molar-refractivity contribution is 0.0935. The molecule has 3 heteroatoms. The predicted octanol–water partition coefficient (Wildman–Crippen LogP) is 2.46. The molecule has 1 heterocycles. The number of likely N-dealkylation sites (tertiary alicyclic amines) is 1. The van der Waals surface area contributed by atoms with Gasteiger partial charge < -0.3 is 5.11 Å². The van der Waals surface area contributed by atoms with Crippen molar-refractivity contribution in [3.8, 4) is 0 Å². The molecule has 0 amide bonds. The average molecular weight is 251 g/mol. The minimum atomic E-state index is -0.176. The topological polar surface area (TPSA) is 23.5 Å². The fraction of sp³-hybridized carbons (Fsp3) is 0.600. The van der Waals surface area contributed by atoms with Crippen LogP contribution in [0.25, 0.3) is 0 Å². The van der Waals surface area contributed by atoms with Crippen molar-refractivity contribution in [1.82, 2.24) is 4.90 Å². The Kier molecular flexibility index (Phi) is 4.72. The van der Waals surface area contributed by atoms with Crippen LogP contribution in [0.5, 0.6) is 0 Å². The van der Waals surface area contributed by atoms with E-state index in [2.05, 4.69) is 11.8 Å². The van der Waals surface area contributed by atoms with Crippen molar-refractivity contribution < 1.29 is 9.50 Å². The lowest BCUT2D eigenvalue weighted by Gasteiger charge is -2.36. The molecule has 2 rings (SSSR count). The van der Waals surface area contributed by atoms with Gasteiger partial charge in [-0.15, -0.1) is 0 Å². The molecule has 0 saturated carbocycles. The number of hydrogen-bond acceptors (Lipinski definition) is 2. The standard InChI is InChI=1S/C15H22FNO/c1-12(9-13-4-6-15(16)7-5-13)17-8-2-3-14(10-17)11-18/h4-7,12,14,18H,2-3,8-11H2,1H3/t12-,14-/m0/s1. The largest absolute Gasteiger partial charge is 0.396 e. The number of nitrogens with zero attached hydrogens (tertiary/aromatic N) is 1. The summed E-state index contributed by atoms with van der Waals surface area (Å²) in [5.41, 5.74) is 1.18. The molecular weight excluding hydrogens is 229 g/mol. The predicted molar refractivity (Wildman–Crippen MR) is 70.9 cm³/mol. The van der Waals surface area contributed by atoms with Crippen LogP contribution in [0.1, 0.15) is 25.3 Å². The third kappa shape index (κ3) is 3.53. The Hall–Kier alpha value is -0.930. The summed E-state index contributed by atoms with van der Waals surface area (Å²) >= 11 is 0. The molecule has 1 N–H and O–H groups in total. The quantitative estimate of drug-likeness (QED) is 0.888. The second-order valence-corrected chi connectivity index (χ2v) is 5.37. The van der Waals surface area contributed by atoms with Gasteiger partial charge in [-0.2, -0.15) is 0 Å². The van der Waals surface area contributed by atoms with Gasteiger partial charge in [0, 0.05) is 19.2 Å². The minimum Gasteiger partial charge on any atom is -0.396 e. The lowest BCUT2D eigenvalue weighted by atomic mass is 9.96. The molecule has 2 atom stereocenters. The number of hydrogen-bond donors (Lipinski definition) is 1. The van der Waals surface area contributed by atoms with Crippen LogP contribution in [0.2, 0.25) is 0 Å². The summed E-state index contributed by atoms with van der Waals surface area (Å²) in [5.74, 6) is 0.249. The van der Waals surface area contributed by atoms with Crippen molar-refractivity contribution >= 4 is 0 Å². The molecule has 0 spiro atoms. The normalized spacial score (nSPS) is 22.9. The number of rotatable bonds is 4. The third-order valence-electron chi connectivity index (χ3n) is 3.88. The summed E-state index contributed by atoms with van der Waals surface area (Å²) in [7, 11) is 0. The molecule has 0 bridgehead atoms. The summed E-state index contributed by atoms with van der Waals surface area (Å²) in [6, 6.07) is 7.21. The Morgan fingerprint density at radius 2 is 2.11 bits per heavy atom.